The summed E-state index contributed by atoms with van der Waals surface area (Å²) in [4.78, 5) is 0. The van der Waals surface area contributed by atoms with Crippen LogP contribution in [-0.2, 0) is 0 Å². The van der Waals surface area contributed by atoms with Crippen LogP contribution in [0.4, 0.5) is 0 Å². The molecule has 0 atom stereocenters. The van der Waals surface area contributed by atoms with Gasteiger partial charge in [0.05, 0.1) is 6.54 Å². The van der Waals surface area contributed by atoms with Crippen LogP contribution < -0.4 is 5.84 Å². The van der Waals surface area contributed by atoms with Crippen molar-refractivity contribution in [3.63, 3.8) is 0 Å². The van der Waals surface area contributed by atoms with Crippen LogP contribution in [0.15, 0.2) is 12.3 Å². The number of nitrogens with two attached hydrogens (primary N) is 1. The van der Waals surface area contributed by atoms with Crippen LogP contribution in [0.3, 0.4) is 0 Å². The van der Waals surface area contributed by atoms with Gasteiger partial charge in [-0.25, -0.2) is 16.0 Å². The molecule has 1 heterocycles. The Labute approximate surface area is 47.3 Å². The predicted octanol–water partition coefficient (Wildman–Crippen LogP) is -0.613. The molecule has 0 radical (unpaired) electrons. The molecule has 8 heavy (non-hydrogen) atoms. The summed E-state index contributed by atoms with van der Waals surface area (Å²) >= 11 is 0. The summed E-state index contributed by atoms with van der Waals surface area (Å²) in [6.07, 6.45) is 5.34. The highest BCUT2D eigenvalue weighted by atomic mass is 15.7. The van der Waals surface area contributed by atoms with Gasteiger partial charge in [-0.15, -0.1) is 0 Å². The molecule has 1 aliphatic heterocycles. The molecule has 0 bridgehead atoms. The number of hydrazine groups is 2. The molecule has 0 aromatic heterocycles. The predicted molar refractivity (Wildman–Crippen MR) is 27.5 cm³/mol. The fourth-order valence-electron chi connectivity index (χ4n) is 0.522. The third-order valence-corrected chi connectivity index (χ3v) is 0.931. The lowest BCUT2D eigenvalue weighted by Crippen LogP contribution is -2.36. The largest absolute Gasteiger partial charge is 0.228 e. The van der Waals surface area contributed by atoms with Crippen LogP contribution in [0.5, 0.6) is 0 Å². The molecule has 1 rings (SSSR count). The number of hydrogen-bond acceptors (Lipinski definition) is 4. The van der Waals surface area contributed by atoms with Gasteiger partial charge < -0.3 is 0 Å². The van der Waals surface area contributed by atoms with Gasteiger partial charge in [-0.1, -0.05) is 0 Å². The van der Waals surface area contributed by atoms with E-state index in [9.17, 15) is 0 Å². The van der Waals surface area contributed by atoms with E-state index in [1.54, 1.807) is 6.20 Å². The number of rotatable bonds is 0. The third kappa shape index (κ3) is 0.591. The highest BCUT2D eigenvalue weighted by molar-refractivity contribution is 4.93. The smallest absolute Gasteiger partial charge is 0.201 e. The average Bonchev–Trinajstić information content (AvgIpc) is 2.14. The zero-order valence-electron chi connectivity index (χ0n) is 4.28. The summed E-state index contributed by atoms with van der Waals surface area (Å²) in [5, 5.41) is 10.8. The van der Waals surface area contributed by atoms with Crippen molar-refractivity contribution in [1.29, 1.82) is 5.26 Å². The minimum absolute atomic E-state index is 0.590. The first kappa shape index (κ1) is 4.94. The maximum atomic E-state index is 8.25. The van der Waals surface area contributed by atoms with Gasteiger partial charge in [-0.2, -0.15) is 5.26 Å². The van der Waals surface area contributed by atoms with Gasteiger partial charge in [-0.05, 0) is 6.08 Å². The Bertz CT molecular complexity index is 145. The first-order chi connectivity index (χ1) is 3.84. The molecule has 4 nitrogen and oxygen atoms in total. The van der Waals surface area contributed by atoms with Crippen LogP contribution >= 0.6 is 0 Å². The van der Waals surface area contributed by atoms with E-state index < -0.39 is 0 Å². The molecule has 0 aromatic rings. The molecule has 2 N–H and O–H groups in total. The van der Waals surface area contributed by atoms with Crippen LogP contribution in [0, 0.1) is 11.5 Å². The number of hydrogen-bond donors (Lipinski definition) is 1. The molecular weight excluding hydrogens is 104 g/mol. The molecule has 0 aromatic carbocycles. The SMILES string of the molecule is N#CN1CC=CN1N. The summed E-state index contributed by atoms with van der Waals surface area (Å²) in [5.41, 5.74) is 0. The zero-order chi connectivity index (χ0) is 5.98. The Morgan fingerprint density at radius 2 is 2.50 bits per heavy atom. The number of nitrogens with zero attached hydrogens (tertiary/aromatic N) is 3. The van der Waals surface area contributed by atoms with Crippen molar-refractivity contribution in [2.75, 3.05) is 6.54 Å². The summed E-state index contributed by atoms with van der Waals surface area (Å²) < 4.78 is 0. The second-order valence-corrected chi connectivity index (χ2v) is 1.45. The van der Waals surface area contributed by atoms with E-state index in [0.717, 1.165) is 0 Å². The van der Waals surface area contributed by atoms with Crippen molar-refractivity contribution in [1.82, 2.24) is 10.1 Å². The Balaban J connectivity index is 2.54. The maximum Gasteiger partial charge on any atom is 0.201 e. The van der Waals surface area contributed by atoms with E-state index >= 15 is 0 Å². The van der Waals surface area contributed by atoms with E-state index in [4.69, 9.17) is 11.1 Å². The maximum absolute atomic E-state index is 8.25. The summed E-state index contributed by atoms with van der Waals surface area (Å²) in [5.74, 6) is 5.24. The molecule has 0 fully saturated rings. The minimum atomic E-state index is 0.590. The lowest BCUT2D eigenvalue weighted by molar-refractivity contribution is 0.123. The van der Waals surface area contributed by atoms with Gasteiger partial charge in [0.25, 0.3) is 0 Å². The van der Waals surface area contributed by atoms with Gasteiger partial charge in [-0.3, -0.25) is 0 Å². The molecule has 0 spiro atoms. The lowest BCUT2D eigenvalue weighted by Gasteiger charge is -2.16. The van der Waals surface area contributed by atoms with E-state index in [1.807, 2.05) is 12.3 Å². The standard InChI is InChI=1S/C4H6N4/c5-4-7-2-1-3-8(7)6/h1,3H,2,6H2. The molecule has 42 valence electrons. The van der Waals surface area contributed by atoms with E-state index in [2.05, 4.69) is 0 Å². The Morgan fingerprint density at radius 3 is 2.75 bits per heavy atom. The van der Waals surface area contributed by atoms with E-state index in [-0.39, 0.29) is 0 Å². The molecule has 1 aliphatic rings. The van der Waals surface area contributed by atoms with Gasteiger partial charge in [0.15, 0.2) is 0 Å². The summed E-state index contributed by atoms with van der Waals surface area (Å²) in [6, 6.07) is 0. The fourth-order valence-corrected chi connectivity index (χ4v) is 0.522. The van der Waals surface area contributed by atoms with Crippen molar-refractivity contribution in [3.8, 4) is 6.19 Å². The monoisotopic (exact) mass is 110 g/mol. The molecule has 4 heteroatoms. The Morgan fingerprint density at radius 1 is 1.75 bits per heavy atom. The highest BCUT2D eigenvalue weighted by Gasteiger charge is 2.07. The van der Waals surface area contributed by atoms with Crippen molar-refractivity contribution in [2.45, 2.75) is 0 Å². The Kier molecular flexibility index (Phi) is 1.06. The van der Waals surface area contributed by atoms with Crippen molar-refractivity contribution >= 4 is 0 Å². The lowest BCUT2D eigenvalue weighted by atomic mass is 10.6. The minimum Gasteiger partial charge on any atom is -0.228 e. The molecular formula is C4H6N4. The third-order valence-electron chi connectivity index (χ3n) is 0.931. The normalized spacial score (nSPS) is 17.0. The van der Waals surface area contributed by atoms with Crippen molar-refractivity contribution in [3.05, 3.63) is 12.3 Å². The summed E-state index contributed by atoms with van der Waals surface area (Å²) in [6.45, 7) is 0.590. The van der Waals surface area contributed by atoms with Gasteiger partial charge >= 0.3 is 0 Å². The first-order valence-electron chi connectivity index (χ1n) is 2.22. The van der Waals surface area contributed by atoms with Crippen LogP contribution in [0.1, 0.15) is 0 Å². The quantitative estimate of drug-likeness (QED) is 0.334. The topological polar surface area (TPSA) is 56.3 Å². The molecule has 0 saturated carbocycles. The van der Waals surface area contributed by atoms with Gasteiger partial charge in [0, 0.05) is 6.20 Å². The molecule has 0 unspecified atom stereocenters. The second kappa shape index (κ2) is 1.72. The average molecular weight is 110 g/mol. The Hall–Kier alpha value is -1.21. The molecule has 0 saturated heterocycles. The summed E-state index contributed by atoms with van der Waals surface area (Å²) in [7, 11) is 0. The highest BCUT2D eigenvalue weighted by Crippen LogP contribution is 1.97. The van der Waals surface area contributed by atoms with Crippen molar-refractivity contribution < 1.29 is 0 Å². The molecule has 0 amide bonds. The van der Waals surface area contributed by atoms with Crippen molar-refractivity contribution in [2.24, 2.45) is 5.84 Å². The van der Waals surface area contributed by atoms with Crippen LogP contribution in [0.25, 0.3) is 0 Å². The van der Waals surface area contributed by atoms with Gasteiger partial charge in [0.1, 0.15) is 0 Å². The molecule has 0 aliphatic carbocycles. The second-order valence-electron chi connectivity index (χ2n) is 1.45. The van der Waals surface area contributed by atoms with Crippen LogP contribution in [0.2, 0.25) is 0 Å². The van der Waals surface area contributed by atoms with Gasteiger partial charge in [0.2, 0.25) is 6.19 Å². The fraction of sp³-hybridized carbons (Fsp3) is 0.250. The van der Waals surface area contributed by atoms with Crippen LogP contribution in [-0.4, -0.2) is 16.7 Å². The first-order valence-corrected chi connectivity index (χ1v) is 2.22. The zero-order valence-corrected chi connectivity index (χ0v) is 4.28. The van der Waals surface area contributed by atoms with E-state index in [1.165, 1.54) is 10.1 Å². The number of nitriles is 1. The van der Waals surface area contributed by atoms with E-state index in [0.29, 0.717) is 6.54 Å².